The number of carbonyl (C=O) groups excluding carboxylic acids is 1. The van der Waals surface area contributed by atoms with E-state index in [-0.39, 0.29) is 12.2 Å². The number of nitrogens with zero attached hydrogens (tertiary/aromatic N) is 1. The number of ether oxygens (including phenoxy) is 1. The van der Waals surface area contributed by atoms with Gasteiger partial charge < -0.3 is 15.4 Å². The third kappa shape index (κ3) is 3.09. The molecule has 12 heavy (non-hydrogen) atoms. The Bertz CT molecular complexity index is 139. The van der Waals surface area contributed by atoms with E-state index in [4.69, 9.17) is 10.5 Å². The van der Waals surface area contributed by atoms with Gasteiger partial charge in [0.25, 0.3) is 0 Å². The lowest BCUT2D eigenvalue weighted by atomic mass is 10.2. The van der Waals surface area contributed by atoms with Gasteiger partial charge in [0.05, 0.1) is 6.54 Å². The predicted octanol–water partition coefficient (Wildman–Crippen LogP) is 0.812. The summed E-state index contributed by atoms with van der Waals surface area (Å²) in [7, 11) is 1.72. The first-order valence-electron chi connectivity index (χ1n) is 4.36. The molecule has 2 N–H and O–H groups in total. The number of nitrogens with two attached hydrogens (primary N) is 1. The van der Waals surface area contributed by atoms with E-state index in [1.165, 1.54) is 0 Å². The van der Waals surface area contributed by atoms with E-state index in [0.717, 1.165) is 6.42 Å². The summed E-state index contributed by atoms with van der Waals surface area (Å²) >= 11 is 0. The number of likely N-dealkylation sites (N-methyl/N-ethyl adjacent to an activating group) is 1. The third-order valence-electron chi connectivity index (χ3n) is 1.55. The highest BCUT2D eigenvalue weighted by Crippen LogP contribution is 2.10. The quantitative estimate of drug-likeness (QED) is 0.674. The first kappa shape index (κ1) is 11.2. The lowest BCUT2D eigenvalue weighted by Gasteiger charge is -2.03. The Morgan fingerprint density at radius 3 is 2.58 bits per heavy atom. The minimum absolute atomic E-state index is 0.0162. The molecule has 72 valence electrons. The molecule has 4 nitrogen and oxygen atoms in total. The van der Waals surface area contributed by atoms with Crippen LogP contribution in [0.4, 0.5) is 4.79 Å². The van der Waals surface area contributed by atoms with Crippen molar-refractivity contribution in [2.45, 2.75) is 26.4 Å². The van der Waals surface area contributed by atoms with Crippen LogP contribution in [0.5, 0.6) is 0 Å². The summed E-state index contributed by atoms with van der Waals surface area (Å²) in [6.45, 7) is 5.25. The number of rotatable bonds is 2. The van der Waals surface area contributed by atoms with Gasteiger partial charge >= 0.3 is 6.09 Å². The van der Waals surface area contributed by atoms with Crippen LogP contribution in [0.1, 0.15) is 20.3 Å². The Labute approximate surface area is 73.7 Å². The molecular formula is C8H18N2O2. The van der Waals surface area contributed by atoms with E-state index >= 15 is 0 Å². The molecule has 1 saturated heterocycles. The molecule has 1 heterocycles. The molecule has 0 radical (unpaired) electrons. The monoisotopic (exact) mass is 174 g/mol. The minimum atomic E-state index is -0.238. The van der Waals surface area contributed by atoms with Crippen molar-refractivity contribution in [1.82, 2.24) is 4.90 Å². The van der Waals surface area contributed by atoms with E-state index in [1.807, 2.05) is 13.8 Å². The van der Waals surface area contributed by atoms with Crippen LogP contribution >= 0.6 is 0 Å². The summed E-state index contributed by atoms with van der Waals surface area (Å²) < 4.78 is 4.92. The molecular weight excluding hydrogens is 156 g/mol. The fourth-order valence-electron chi connectivity index (χ4n) is 0.986. The zero-order chi connectivity index (χ0) is 9.56. The molecule has 1 aliphatic heterocycles. The van der Waals surface area contributed by atoms with Crippen LogP contribution < -0.4 is 5.73 Å². The Morgan fingerprint density at radius 1 is 1.67 bits per heavy atom. The van der Waals surface area contributed by atoms with E-state index in [9.17, 15) is 4.79 Å². The van der Waals surface area contributed by atoms with Crippen LogP contribution in [0.2, 0.25) is 0 Å². The van der Waals surface area contributed by atoms with Gasteiger partial charge in [0, 0.05) is 7.05 Å². The van der Waals surface area contributed by atoms with Crippen molar-refractivity contribution in [2.75, 3.05) is 20.1 Å². The lowest BCUT2D eigenvalue weighted by Crippen LogP contribution is -2.20. The van der Waals surface area contributed by atoms with E-state index < -0.39 is 0 Å². The predicted molar refractivity (Wildman–Crippen MR) is 47.9 cm³/mol. The molecule has 0 aromatic carbocycles. The molecule has 1 rings (SSSR count). The van der Waals surface area contributed by atoms with Crippen LogP contribution in [0, 0.1) is 0 Å². The van der Waals surface area contributed by atoms with Gasteiger partial charge in [-0.3, -0.25) is 0 Å². The first-order valence-corrected chi connectivity index (χ1v) is 4.36. The molecule has 1 atom stereocenters. The minimum Gasteiger partial charge on any atom is -0.444 e. The zero-order valence-electron chi connectivity index (χ0n) is 8.04. The largest absolute Gasteiger partial charge is 0.444 e. The molecule has 1 amide bonds. The van der Waals surface area contributed by atoms with Crippen molar-refractivity contribution in [2.24, 2.45) is 5.73 Å². The fraction of sp³-hybridized carbons (Fsp3) is 0.875. The van der Waals surface area contributed by atoms with E-state index in [1.54, 1.807) is 11.9 Å². The molecule has 0 spiro atoms. The topological polar surface area (TPSA) is 55.6 Å². The summed E-state index contributed by atoms with van der Waals surface area (Å²) in [4.78, 5) is 12.3. The van der Waals surface area contributed by atoms with Gasteiger partial charge in [-0.25, -0.2) is 4.79 Å². The van der Waals surface area contributed by atoms with Crippen LogP contribution in [0.25, 0.3) is 0 Å². The summed E-state index contributed by atoms with van der Waals surface area (Å²) in [5.41, 5.74) is 5.29. The number of carbonyl (C=O) groups is 1. The molecule has 1 unspecified atom stereocenters. The van der Waals surface area contributed by atoms with Gasteiger partial charge in [-0.05, 0) is 13.0 Å². The van der Waals surface area contributed by atoms with Crippen LogP contribution in [-0.4, -0.2) is 37.2 Å². The van der Waals surface area contributed by atoms with Crippen LogP contribution in [0.3, 0.4) is 0 Å². The van der Waals surface area contributed by atoms with Gasteiger partial charge in [-0.15, -0.1) is 0 Å². The number of hydrogen-bond donors (Lipinski definition) is 1. The third-order valence-corrected chi connectivity index (χ3v) is 1.55. The molecule has 1 aliphatic rings. The van der Waals surface area contributed by atoms with Crippen LogP contribution in [-0.2, 0) is 4.74 Å². The van der Waals surface area contributed by atoms with Gasteiger partial charge in [-0.2, -0.15) is 0 Å². The maximum atomic E-state index is 10.7. The Balaban J connectivity index is 0.000000561. The second-order valence-electron chi connectivity index (χ2n) is 2.46. The Morgan fingerprint density at radius 2 is 2.25 bits per heavy atom. The lowest BCUT2D eigenvalue weighted by molar-refractivity contribution is 0.131. The first-order chi connectivity index (χ1) is 5.74. The average Bonchev–Trinajstić information content (AvgIpc) is 2.36. The van der Waals surface area contributed by atoms with Gasteiger partial charge in [0.1, 0.15) is 6.10 Å². The highest BCUT2D eigenvalue weighted by molar-refractivity contribution is 5.69. The Hall–Kier alpha value is -0.770. The summed E-state index contributed by atoms with van der Waals surface area (Å²) in [5.74, 6) is 0. The molecule has 4 heteroatoms. The van der Waals surface area contributed by atoms with Crippen molar-refractivity contribution in [3.8, 4) is 0 Å². The molecule has 0 bridgehead atoms. The molecule has 0 saturated carbocycles. The van der Waals surface area contributed by atoms with Crippen LogP contribution in [0.15, 0.2) is 0 Å². The second kappa shape index (κ2) is 5.83. The average molecular weight is 174 g/mol. The summed E-state index contributed by atoms with van der Waals surface area (Å²) in [6.07, 6.45) is 0.539. The van der Waals surface area contributed by atoms with Crippen molar-refractivity contribution < 1.29 is 9.53 Å². The molecule has 0 aliphatic carbocycles. The number of cyclic esters (lactones) is 1. The SMILES string of the molecule is CC.CN1CC(CCN)OC1=O. The highest BCUT2D eigenvalue weighted by atomic mass is 16.6. The number of amides is 1. The second-order valence-corrected chi connectivity index (χ2v) is 2.46. The fourth-order valence-corrected chi connectivity index (χ4v) is 0.986. The molecule has 0 aromatic heterocycles. The van der Waals surface area contributed by atoms with Crippen molar-refractivity contribution in [1.29, 1.82) is 0 Å². The normalized spacial score (nSPS) is 21.5. The maximum absolute atomic E-state index is 10.7. The maximum Gasteiger partial charge on any atom is 0.409 e. The van der Waals surface area contributed by atoms with E-state index in [2.05, 4.69) is 0 Å². The van der Waals surface area contributed by atoms with Crippen molar-refractivity contribution in [3.63, 3.8) is 0 Å². The summed E-state index contributed by atoms with van der Waals surface area (Å²) in [6, 6.07) is 0. The van der Waals surface area contributed by atoms with Gasteiger partial charge in [0.2, 0.25) is 0 Å². The number of hydrogen-bond acceptors (Lipinski definition) is 3. The van der Waals surface area contributed by atoms with Gasteiger partial charge in [0.15, 0.2) is 0 Å². The van der Waals surface area contributed by atoms with Gasteiger partial charge in [-0.1, -0.05) is 13.8 Å². The smallest absolute Gasteiger partial charge is 0.409 e. The zero-order valence-corrected chi connectivity index (χ0v) is 8.04. The van der Waals surface area contributed by atoms with E-state index in [0.29, 0.717) is 13.1 Å². The summed E-state index contributed by atoms with van der Waals surface area (Å²) in [5, 5.41) is 0. The Kier molecular flexibility index (Phi) is 5.45. The molecule has 0 aromatic rings. The standard InChI is InChI=1S/C6H12N2O2.C2H6/c1-8-4-5(2-3-7)10-6(8)9;1-2/h5H,2-4,7H2,1H3;1-2H3. The highest BCUT2D eigenvalue weighted by Gasteiger charge is 2.26. The van der Waals surface area contributed by atoms with Crippen molar-refractivity contribution >= 4 is 6.09 Å². The molecule has 1 fully saturated rings. The van der Waals surface area contributed by atoms with Crippen molar-refractivity contribution in [3.05, 3.63) is 0 Å².